The maximum Gasteiger partial charge on any atom is 0.245 e. The molecule has 1 aromatic rings. The van der Waals surface area contributed by atoms with E-state index < -0.39 is 0 Å². The van der Waals surface area contributed by atoms with Crippen molar-refractivity contribution in [1.29, 1.82) is 0 Å². The van der Waals surface area contributed by atoms with Crippen LogP contribution < -0.4 is 5.32 Å². The lowest BCUT2D eigenvalue weighted by Gasteiger charge is -1.95. The summed E-state index contributed by atoms with van der Waals surface area (Å²) in [5, 5.41) is 3.52. The predicted octanol–water partition coefficient (Wildman–Crippen LogP) is 0.385. The second-order valence-corrected chi connectivity index (χ2v) is 2.16. The number of likely N-dealkylation sites (N-methyl/N-ethyl adjacent to an activating group) is 1. The third-order valence-corrected chi connectivity index (χ3v) is 1.33. The van der Waals surface area contributed by atoms with Gasteiger partial charge in [0, 0.05) is 19.4 Å². The van der Waals surface area contributed by atoms with Crippen LogP contribution in [0.25, 0.3) is 0 Å². The summed E-state index contributed by atoms with van der Waals surface area (Å²) in [7, 11) is 1.50. The van der Waals surface area contributed by atoms with E-state index in [0.29, 0.717) is 6.42 Å². The van der Waals surface area contributed by atoms with Crippen LogP contribution in [0.5, 0.6) is 0 Å². The van der Waals surface area contributed by atoms with Crippen molar-refractivity contribution >= 4 is 5.91 Å². The Morgan fingerprint density at radius 1 is 1.73 bits per heavy atom. The average Bonchev–Trinajstić information content (AvgIpc) is 2.06. The molecule has 0 bridgehead atoms. The van der Waals surface area contributed by atoms with Gasteiger partial charge in [-0.05, 0) is 11.6 Å². The van der Waals surface area contributed by atoms with E-state index in [9.17, 15) is 4.79 Å². The average molecular weight is 149 g/mol. The quantitative estimate of drug-likeness (QED) is 0.610. The number of carbonyl (C=O) groups excluding carboxylic acids is 1. The van der Waals surface area contributed by atoms with E-state index in [1.54, 1.807) is 18.5 Å². The number of aromatic nitrogens is 1. The van der Waals surface area contributed by atoms with E-state index in [1.807, 2.05) is 6.07 Å². The van der Waals surface area contributed by atoms with Gasteiger partial charge in [-0.25, -0.2) is 0 Å². The molecule has 0 aromatic carbocycles. The summed E-state index contributed by atoms with van der Waals surface area (Å²) in [4.78, 5) is 14.7. The van der Waals surface area contributed by atoms with E-state index >= 15 is 0 Å². The maximum absolute atomic E-state index is 10.8. The van der Waals surface area contributed by atoms with Gasteiger partial charge in [0.2, 0.25) is 5.91 Å². The zero-order valence-corrected chi connectivity index (χ0v) is 6.32. The fourth-order valence-electron chi connectivity index (χ4n) is 0.756. The number of amides is 1. The molecule has 0 aliphatic carbocycles. The lowest BCUT2D eigenvalue weighted by atomic mass is 10.2. The molecule has 3 nitrogen and oxygen atoms in total. The minimum atomic E-state index is -0.113. The first-order chi connectivity index (χ1) is 5.33. The van der Waals surface area contributed by atoms with Crippen molar-refractivity contribution in [3.8, 4) is 0 Å². The molecule has 1 aromatic heterocycles. The summed E-state index contributed by atoms with van der Waals surface area (Å²) in [6.45, 7) is 0. The van der Waals surface area contributed by atoms with Gasteiger partial charge in [0.05, 0.1) is 6.42 Å². The van der Waals surface area contributed by atoms with Gasteiger partial charge in [-0.15, -0.1) is 0 Å². The van der Waals surface area contributed by atoms with Crippen LogP contribution >= 0.6 is 0 Å². The van der Waals surface area contributed by atoms with Crippen molar-refractivity contribution in [1.82, 2.24) is 10.3 Å². The van der Waals surface area contributed by atoms with Gasteiger partial charge in [0.25, 0.3) is 0 Å². The molecule has 3 heteroatoms. The molecule has 0 aliphatic rings. The van der Waals surface area contributed by atoms with Crippen LogP contribution in [0.15, 0.2) is 24.5 Å². The molecule has 1 radical (unpaired) electrons. The smallest absolute Gasteiger partial charge is 0.245 e. The normalized spacial score (nSPS) is 9.18. The van der Waals surface area contributed by atoms with Crippen LogP contribution in [-0.4, -0.2) is 17.9 Å². The molecule has 57 valence electrons. The summed E-state index contributed by atoms with van der Waals surface area (Å²) in [5.41, 5.74) is 0.906. The number of carbonyl (C=O) groups is 1. The molecular formula is C8H9N2O. The first-order valence-electron chi connectivity index (χ1n) is 3.34. The highest BCUT2D eigenvalue weighted by atomic mass is 16.1. The lowest BCUT2D eigenvalue weighted by molar-refractivity contribution is -0.120. The first-order valence-corrected chi connectivity index (χ1v) is 3.34. The minimum Gasteiger partial charge on any atom is -0.273 e. The van der Waals surface area contributed by atoms with Crippen LogP contribution in [0.4, 0.5) is 0 Å². The molecule has 0 aliphatic heterocycles. The van der Waals surface area contributed by atoms with Crippen LogP contribution in [0.2, 0.25) is 0 Å². The largest absolute Gasteiger partial charge is 0.273 e. The Labute approximate surface area is 65.5 Å². The van der Waals surface area contributed by atoms with Crippen molar-refractivity contribution in [2.24, 2.45) is 0 Å². The van der Waals surface area contributed by atoms with Gasteiger partial charge >= 0.3 is 0 Å². The second-order valence-electron chi connectivity index (χ2n) is 2.16. The Bertz CT molecular complexity index is 233. The Kier molecular flexibility index (Phi) is 2.60. The summed E-state index contributed by atoms with van der Waals surface area (Å²) in [5.74, 6) is -0.113. The molecule has 0 spiro atoms. The van der Waals surface area contributed by atoms with E-state index in [-0.39, 0.29) is 5.91 Å². The van der Waals surface area contributed by atoms with Gasteiger partial charge < -0.3 is 0 Å². The van der Waals surface area contributed by atoms with E-state index in [1.165, 1.54) is 7.05 Å². The fraction of sp³-hybridized carbons (Fsp3) is 0.250. The second kappa shape index (κ2) is 3.71. The highest BCUT2D eigenvalue weighted by Crippen LogP contribution is 1.95. The molecule has 0 N–H and O–H groups in total. The zero-order chi connectivity index (χ0) is 8.10. The zero-order valence-electron chi connectivity index (χ0n) is 6.32. The van der Waals surface area contributed by atoms with Crippen molar-refractivity contribution in [3.05, 3.63) is 30.1 Å². The Morgan fingerprint density at radius 2 is 2.55 bits per heavy atom. The van der Waals surface area contributed by atoms with Gasteiger partial charge in [0.1, 0.15) is 0 Å². The van der Waals surface area contributed by atoms with Crippen LogP contribution in [0.3, 0.4) is 0 Å². The molecular weight excluding hydrogens is 140 g/mol. The monoisotopic (exact) mass is 149 g/mol. The molecule has 1 amide bonds. The Hall–Kier alpha value is -1.38. The molecule has 1 rings (SSSR count). The third-order valence-electron chi connectivity index (χ3n) is 1.33. The predicted molar refractivity (Wildman–Crippen MR) is 41.0 cm³/mol. The molecule has 0 saturated heterocycles. The van der Waals surface area contributed by atoms with Crippen LogP contribution in [0.1, 0.15) is 5.56 Å². The van der Waals surface area contributed by atoms with Crippen LogP contribution in [-0.2, 0) is 11.2 Å². The number of hydrogen-bond donors (Lipinski definition) is 0. The van der Waals surface area contributed by atoms with E-state index in [0.717, 1.165) is 5.56 Å². The Morgan fingerprint density at radius 3 is 3.09 bits per heavy atom. The highest BCUT2D eigenvalue weighted by molar-refractivity contribution is 5.77. The van der Waals surface area contributed by atoms with Crippen molar-refractivity contribution in [2.45, 2.75) is 6.42 Å². The van der Waals surface area contributed by atoms with E-state index in [2.05, 4.69) is 10.3 Å². The van der Waals surface area contributed by atoms with Crippen molar-refractivity contribution in [3.63, 3.8) is 0 Å². The molecule has 0 saturated carbocycles. The summed E-state index contributed by atoms with van der Waals surface area (Å²) >= 11 is 0. The summed E-state index contributed by atoms with van der Waals surface area (Å²) < 4.78 is 0. The highest BCUT2D eigenvalue weighted by Gasteiger charge is 1.99. The van der Waals surface area contributed by atoms with Gasteiger partial charge in [-0.3, -0.25) is 15.1 Å². The standard InChI is InChI=1S/C8H9N2O/c1-9-8(11)5-7-3-2-4-10-6-7/h2-4,6H,5H2,1H3. The van der Waals surface area contributed by atoms with Gasteiger partial charge in [-0.2, -0.15) is 0 Å². The number of pyridine rings is 1. The van der Waals surface area contributed by atoms with E-state index in [4.69, 9.17) is 0 Å². The molecule has 0 atom stereocenters. The number of hydrogen-bond acceptors (Lipinski definition) is 2. The molecule has 1 heterocycles. The van der Waals surface area contributed by atoms with Gasteiger partial charge in [0.15, 0.2) is 0 Å². The number of rotatable bonds is 2. The SMILES string of the molecule is C[N]C(=O)Cc1cccnc1. The summed E-state index contributed by atoms with van der Waals surface area (Å²) in [6.07, 6.45) is 3.70. The van der Waals surface area contributed by atoms with Crippen molar-refractivity contribution < 1.29 is 4.79 Å². The topological polar surface area (TPSA) is 44.1 Å². The third kappa shape index (κ3) is 2.37. The maximum atomic E-state index is 10.8. The molecule has 11 heavy (non-hydrogen) atoms. The lowest BCUT2D eigenvalue weighted by Crippen LogP contribution is -2.12. The fourth-order valence-corrected chi connectivity index (χ4v) is 0.756. The molecule has 0 unspecified atom stereocenters. The van der Waals surface area contributed by atoms with Crippen LogP contribution in [0, 0.1) is 0 Å². The minimum absolute atomic E-state index is 0.113. The van der Waals surface area contributed by atoms with Crippen molar-refractivity contribution in [2.75, 3.05) is 7.05 Å². The molecule has 0 fully saturated rings. The first kappa shape index (κ1) is 7.72. The number of nitrogens with zero attached hydrogens (tertiary/aromatic N) is 2. The van der Waals surface area contributed by atoms with Gasteiger partial charge in [-0.1, -0.05) is 6.07 Å². The Balaban J connectivity index is 2.58. The summed E-state index contributed by atoms with van der Waals surface area (Å²) in [6, 6.07) is 3.66.